The summed E-state index contributed by atoms with van der Waals surface area (Å²) in [6.07, 6.45) is 4.08. The van der Waals surface area contributed by atoms with Gasteiger partial charge in [0.25, 0.3) is 15.0 Å². The van der Waals surface area contributed by atoms with E-state index in [-0.39, 0.29) is 10.6 Å². The Morgan fingerprint density at radius 2 is 2.00 bits per heavy atom. The van der Waals surface area contributed by atoms with Gasteiger partial charge in [-0.3, -0.25) is 9.89 Å². The van der Waals surface area contributed by atoms with Gasteiger partial charge in [0, 0.05) is 17.2 Å². The minimum atomic E-state index is -4.01. The SMILES string of the molecule is CCCCCNC(=O)c1n[nH]c(CCC)c1S(=O)(=O)Cl. The molecular weight excluding hydrogens is 302 g/mol. The number of rotatable bonds is 8. The van der Waals surface area contributed by atoms with Gasteiger partial charge in [-0.25, -0.2) is 8.42 Å². The summed E-state index contributed by atoms with van der Waals surface area (Å²) in [4.78, 5) is 11.8. The molecule has 0 aliphatic rings. The largest absolute Gasteiger partial charge is 0.351 e. The molecule has 0 unspecified atom stereocenters. The first-order chi connectivity index (χ1) is 9.41. The van der Waals surface area contributed by atoms with E-state index in [1.165, 1.54) is 0 Å². The molecular formula is C12H20ClN3O3S. The standard InChI is InChI=1S/C12H20ClN3O3S/c1-3-5-6-8-14-12(17)10-11(20(13,18)19)9(7-4-2)15-16-10/h3-8H2,1-2H3,(H,14,17)(H,15,16). The highest BCUT2D eigenvalue weighted by atomic mass is 35.7. The van der Waals surface area contributed by atoms with E-state index in [1.54, 1.807) is 0 Å². The molecule has 0 fully saturated rings. The van der Waals surface area contributed by atoms with Gasteiger partial charge in [-0.2, -0.15) is 5.10 Å². The lowest BCUT2D eigenvalue weighted by Crippen LogP contribution is -2.26. The molecule has 20 heavy (non-hydrogen) atoms. The van der Waals surface area contributed by atoms with E-state index < -0.39 is 15.0 Å². The smallest absolute Gasteiger partial charge is 0.273 e. The number of aryl methyl sites for hydroxylation is 1. The van der Waals surface area contributed by atoms with Crippen LogP contribution in [-0.4, -0.2) is 31.1 Å². The molecule has 6 nitrogen and oxygen atoms in total. The number of nitrogens with zero attached hydrogens (tertiary/aromatic N) is 1. The van der Waals surface area contributed by atoms with E-state index in [0.717, 1.165) is 25.7 Å². The molecule has 1 aromatic rings. The predicted molar refractivity (Wildman–Crippen MR) is 77.5 cm³/mol. The summed E-state index contributed by atoms with van der Waals surface area (Å²) >= 11 is 0. The second kappa shape index (κ2) is 7.64. The normalized spacial score (nSPS) is 11.6. The third-order valence-corrected chi connectivity index (χ3v) is 4.21. The Morgan fingerprint density at radius 1 is 1.30 bits per heavy atom. The van der Waals surface area contributed by atoms with Crippen LogP contribution in [0.2, 0.25) is 0 Å². The zero-order valence-corrected chi connectivity index (χ0v) is 13.3. The van der Waals surface area contributed by atoms with Crippen LogP contribution in [0, 0.1) is 0 Å². The van der Waals surface area contributed by atoms with E-state index in [0.29, 0.717) is 18.7 Å². The van der Waals surface area contributed by atoms with Crippen molar-refractivity contribution in [2.24, 2.45) is 0 Å². The summed E-state index contributed by atoms with van der Waals surface area (Å²) in [6.45, 7) is 4.45. The van der Waals surface area contributed by atoms with Crippen LogP contribution in [0.3, 0.4) is 0 Å². The van der Waals surface area contributed by atoms with Crippen LogP contribution in [0.25, 0.3) is 0 Å². The fraction of sp³-hybridized carbons (Fsp3) is 0.667. The van der Waals surface area contributed by atoms with E-state index in [2.05, 4.69) is 22.4 Å². The van der Waals surface area contributed by atoms with E-state index in [4.69, 9.17) is 10.7 Å². The highest BCUT2D eigenvalue weighted by Crippen LogP contribution is 2.23. The lowest BCUT2D eigenvalue weighted by atomic mass is 10.2. The highest BCUT2D eigenvalue weighted by molar-refractivity contribution is 8.13. The van der Waals surface area contributed by atoms with Crippen molar-refractivity contribution in [1.29, 1.82) is 0 Å². The average Bonchev–Trinajstić information content (AvgIpc) is 2.78. The molecule has 1 heterocycles. The molecule has 0 aliphatic carbocycles. The van der Waals surface area contributed by atoms with Crippen molar-refractivity contribution in [3.05, 3.63) is 11.4 Å². The van der Waals surface area contributed by atoms with Crippen molar-refractivity contribution < 1.29 is 13.2 Å². The maximum atomic E-state index is 12.0. The van der Waals surface area contributed by atoms with Gasteiger partial charge >= 0.3 is 0 Å². The molecule has 0 bridgehead atoms. The van der Waals surface area contributed by atoms with Crippen LogP contribution >= 0.6 is 10.7 Å². The number of carbonyl (C=O) groups excluding carboxylic acids is 1. The van der Waals surface area contributed by atoms with Gasteiger partial charge in [0.15, 0.2) is 5.69 Å². The van der Waals surface area contributed by atoms with Crippen LogP contribution in [0.1, 0.15) is 55.7 Å². The number of nitrogens with one attached hydrogen (secondary N) is 2. The molecule has 0 aromatic carbocycles. The monoisotopic (exact) mass is 321 g/mol. The number of unbranched alkanes of at least 4 members (excludes halogenated alkanes) is 2. The lowest BCUT2D eigenvalue weighted by molar-refractivity contribution is 0.0944. The van der Waals surface area contributed by atoms with Crippen LogP contribution in [0.4, 0.5) is 0 Å². The zero-order valence-electron chi connectivity index (χ0n) is 11.7. The number of aromatic amines is 1. The highest BCUT2D eigenvalue weighted by Gasteiger charge is 2.27. The second-order valence-electron chi connectivity index (χ2n) is 4.53. The Labute approximate surface area is 123 Å². The second-order valence-corrected chi connectivity index (χ2v) is 7.03. The Morgan fingerprint density at radius 3 is 2.55 bits per heavy atom. The van der Waals surface area contributed by atoms with Gasteiger partial charge in [-0.05, 0) is 12.8 Å². The Balaban J connectivity index is 2.92. The minimum Gasteiger partial charge on any atom is -0.351 e. The van der Waals surface area contributed by atoms with Gasteiger partial charge in [-0.1, -0.05) is 33.1 Å². The average molecular weight is 322 g/mol. The van der Waals surface area contributed by atoms with Gasteiger partial charge in [0.05, 0.1) is 5.69 Å². The molecule has 8 heteroatoms. The number of halogens is 1. The van der Waals surface area contributed by atoms with Crippen LogP contribution in [0.15, 0.2) is 4.90 Å². The first kappa shape index (κ1) is 17.0. The molecule has 0 spiro atoms. The van der Waals surface area contributed by atoms with Crippen molar-refractivity contribution in [2.45, 2.75) is 50.8 Å². The number of carbonyl (C=O) groups is 1. The maximum Gasteiger partial charge on any atom is 0.273 e. The Kier molecular flexibility index (Phi) is 6.48. The summed E-state index contributed by atoms with van der Waals surface area (Å²) in [5.41, 5.74) is 0.223. The van der Waals surface area contributed by atoms with Crippen LogP contribution in [-0.2, 0) is 15.5 Å². The fourth-order valence-corrected chi connectivity index (χ4v) is 3.17. The number of aromatic nitrogens is 2. The summed E-state index contributed by atoms with van der Waals surface area (Å²) in [6, 6.07) is 0. The molecule has 0 radical (unpaired) electrons. The molecule has 0 atom stereocenters. The fourth-order valence-electron chi connectivity index (χ4n) is 1.86. The lowest BCUT2D eigenvalue weighted by Gasteiger charge is -2.04. The van der Waals surface area contributed by atoms with Gasteiger partial charge < -0.3 is 5.32 Å². The first-order valence-corrected chi connectivity index (χ1v) is 9.02. The third-order valence-electron chi connectivity index (χ3n) is 2.82. The van der Waals surface area contributed by atoms with Crippen LogP contribution < -0.4 is 5.32 Å². The minimum absolute atomic E-state index is 0.153. The topological polar surface area (TPSA) is 91.9 Å². The Bertz CT molecular complexity index is 554. The van der Waals surface area contributed by atoms with Crippen molar-refractivity contribution in [2.75, 3.05) is 6.54 Å². The maximum absolute atomic E-state index is 12.0. The molecule has 1 rings (SSSR count). The number of hydrogen-bond donors (Lipinski definition) is 2. The molecule has 114 valence electrons. The number of amides is 1. The number of hydrogen-bond acceptors (Lipinski definition) is 4. The van der Waals surface area contributed by atoms with E-state index in [9.17, 15) is 13.2 Å². The van der Waals surface area contributed by atoms with E-state index >= 15 is 0 Å². The zero-order chi connectivity index (χ0) is 15.2. The van der Waals surface area contributed by atoms with Crippen molar-refractivity contribution in [3.63, 3.8) is 0 Å². The van der Waals surface area contributed by atoms with Crippen molar-refractivity contribution in [1.82, 2.24) is 15.5 Å². The molecule has 0 aliphatic heterocycles. The first-order valence-electron chi connectivity index (χ1n) is 6.71. The molecule has 1 aromatic heterocycles. The molecule has 1 amide bonds. The van der Waals surface area contributed by atoms with Gasteiger partial charge in [0.2, 0.25) is 0 Å². The predicted octanol–water partition coefficient (Wildman–Crippen LogP) is 2.21. The molecule has 0 saturated heterocycles. The summed E-state index contributed by atoms with van der Waals surface area (Å²) in [5.74, 6) is -0.515. The van der Waals surface area contributed by atoms with E-state index in [1.807, 2.05) is 6.92 Å². The molecule has 2 N–H and O–H groups in total. The summed E-state index contributed by atoms with van der Waals surface area (Å²) < 4.78 is 23.2. The van der Waals surface area contributed by atoms with Gasteiger partial charge in [-0.15, -0.1) is 0 Å². The van der Waals surface area contributed by atoms with Crippen molar-refractivity contribution in [3.8, 4) is 0 Å². The molecule has 0 saturated carbocycles. The Hall–Kier alpha value is -1.08. The van der Waals surface area contributed by atoms with Gasteiger partial charge in [0.1, 0.15) is 4.90 Å². The summed E-state index contributed by atoms with van der Waals surface area (Å²) in [5, 5.41) is 9.05. The summed E-state index contributed by atoms with van der Waals surface area (Å²) in [7, 11) is 1.40. The van der Waals surface area contributed by atoms with Crippen molar-refractivity contribution >= 4 is 25.6 Å². The number of H-pyrrole nitrogens is 1. The third kappa shape index (κ3) is 4.49. The van der Waals surface area contributed by atoms with Crippen LogP contribution in [0.5, 0.6) is 0 Å². The quantitative estimate of drug-likeness (QED) is 0.567.